The van der Waals surface area contributed by atoms with Crippen molar-refractivity contribution < 1.29 is 18.4 Å². The zero-order chi connectivity index (χ0) is 18.5. The minimum absolute atomic E-state index is 0.0475. The Morgan fingerprint density at radius 3 is 2.62 bits per heavy atom. The molecule has 1 aliphatic rings. The molecule has 3 rings (SSSR count). The number of carbonyl (C=O) groups excluding carboxylic acids is 2. The fraction of sp³-hybridized carbons (Fsp3) is 0.211. The number of amides is 2. The van der Waals surface area contributed by atoms with Crippen LogP contribution in [-0.4, -0.2) is 29.1 Å². The minimum atomic E-state index is -0.850. The molecule has 1 heterocycles. The first-order valence-electron chi connectivity index (χ1n) is 8.21. The van der Waals surface area contributed by atoms with Crippen LogP contribution in [0, 0.1) is 11.6 Å². The van der Waals surface area contributed by atoms with Crippen LogP contribution < -0.4 is 5.32 Å². The number of hydrazone groups is 1. The Labute approximate surface area is 149 Å². The van der Waals surface area contributed by atoms with E-state index in [2.05, 4.69) is 10.4 Å². The van der Waals surface area contributed by atoms with Crippen LogP contribution in [0.5, 0.6) is 0 Å². The maximum Gasteiger partial charge on any atom is 0.243 e. The van der Waals surface area contributed by atoms with E-state index in [1.54, 1.807) is 0 Å². The average Bonchev–Trinajstić information content (AvgIpc) is 2.64. The summed E-state index contributed by atoms with van der Waals surface area (Å²) in [5.74, 6) is -2.21. The van der Waals surface area contributed by atoms with Crippen molar-refractivity contribution in [3.8, 4) is 0 Å². The Morgan fingerprint density at radius 1 is 1.12 bits per heavy atom. The van der Waals surface area contributed by atoms with Crippen molar-refractivity contribution in [2.75, 3.05) is 11.9 Å². The molecule has 26 heavy (non-hydrogen) atoms. The molecule has 7 heteroatoms. The number of hydrogen-bond acceptors (Lipinski definition) is 3. The number of hydrogen-bond donors (Lipinski definition) is 1. The van der Waals surface area contributed by atoms with Gasteiger partial charge in [-0.2, -0.15) is 5.10 Å². The van der Waals surface area contributed by atoms with Gasteiger partial charge in [-0.3, -0.25) is 9.59 Å². The number of nitrogens with zero attached hydrogens (tertiary/aromatic N) is 2. The van der Waals surface area contributed by atoms with E-state index in [4.69, 9.17) is 0 Å². The number of halogens is 2. The smallest absolute Gasteiger partial charge is 0.243 e. The average molecular weight is 357 g/mol. The lowest BCUT2D eigenvalue weighted by molar-refractivity contribution is -0.132. The number of anilines is 1. The summed E-state index contributed by atoms with van der Waals surface area (Å²) in [5.41, 5.74) is 1.62. The third-order valence-electron chi connectivity index (χ3n) is 3.97. The fourth-order valence-corrected chi connectivity index (χ4v) is 2.62. The number of benzene rings is 2. The van der Waals surface area contributed by atoms with Crippen LogP contribution in [0.25, 0.3) is 0 Å². The van der Waals surface area contributed by atoms with Gasteiger partial charge in [0.2, 0.25) is 11.8 Å². The Bertz CT molecular complexity index is 853. The molecule has 5 nitrogen and oxygen atoms in total. The van der Waals surface area contributed by atoms with E-state index >= 15 is 0 Å². The summed E-state index contributed by atoms with van der Waals surface area (Å²) in [5, 5.41) is 7.98. The molecule has 1 aliphatic heterocycles. The maximum absolute atomic E-state index is 13.6. The van der Waals surface area contributed by atoms with E-state index in [1.807, 2.05) is 30.3 Å². The van der Waals surface area contributed by atoms with Gasteiger partial charge in [-0.1, -0.05) is 30.3 Å². The van der Waals surface area contributed by atoms with Gasteiger partial charge in [-0.25, -0.2) is 13.8 Å². The molecule has 2 aromatic carbocycles. The lowest BCUT2D eigenvalue weighted by Gasteiger charge is -2.23. The maximum atomic E-state index is 13.6. The van der Waals surface area contributed by atoms with Crippen LogP contribution in [-0.2, 0) is 9.59 Å². The first-order chi connectivity index (χ1) is 12.5. The normalized spacial score (nSPS) is 14.2. The topological polar surface area (TPSA) is 61.8 Å². The van der Waals surface area contributed by atoms with Gasteiger partial charge in [0.25, 0.3) is 0 Å². The zero-order valence-corrected chi connectivity index (χ0v) is 13.9. The van der Waals surface area contributed by atoms with Crippen LogP contribution in [0.1, 0.15) is 24.8 Å². The van der Waals surface area contributed by atoms with Crippen molar-refractivity contribution in [2.45, 2.75) is 19.3 Å². The molecule has 0 atom stereocenters. The van der Waals surface area contributed by atoms with E-state index in [9.17, 15) is 18.4 Å². The quantitative estimate of drug-likeness (QED) is 0.892. The molecule has 134 valence electrons. The summed E-state index contributed by atoms with van der Waals surface area (Å²) in [6.45, 7) is 0.0871. The summed E-state index contributed by atoms with van der Waals surface area (Å²) in [6.07, 6.45) is 0.822. The van der Waals surface area contributed by atoms with Crippen molar-refractivity contribution in [3.05, 3.63) is 65.7 Å². The second kappa shape index (κ2) is 7.86. The van der Waals surface area contributed by atoms with Crippen molar-refractivity contribution >= 4 is 23.2 Å². The van der Waals surface area contributed by atoms with Gasteiger partial charge in [0.1, 0.15) is 11.6 Å². The highest BCUT2D eigenvalue weighted by molar-refractivity contribution is 6.04. The summed E-state index contributed by atoms with van der Waals surface area (Å²) >= 11 is 0. The van der Waals surface area contributed by atoms with Gasteiger partial charge in [0.15, 0.2) is 0 Å². The Hall–Kier alpha value is -3.09. The van der Waals surface area contributed by atoms with Gasteiger partial charge < -0.3 is 5.32 Å². The molecule has 2 aromatic rings. The highest BCUT2D eigenvalue weighted by atomic mass is 19.1. The van der Waals surface area contributed by atoms with E-state index in [0.29, 0.717) is 18.9 Å². The second-order valence-electron chi connectivity index (χ2n) is 5.85. The lowest BCUT2D eigenvalue weighted by Crippen LogP contribution is -2.34. The molecule has 0 unspecified atom stereocenters. The highest BCUT2D eigenvalue weighted by Gasteiger charge is 2.22. The number of carbonyl (C=O) groups is 2. The number of nitrogens with one attached hydrogen (secondary N) is 1. The van der Waals surface area contributed by atoms with Crippen molar-refractivity contribution in [1.29, 1.82) is 0 Å². The van der Waals surface area contributed by atoms with Crippen LogP contribution >= 0.6 is 0 Å². The van der Waals surface area contributed by atoms with Crippen LogP contribution in [0.4, 0.5) is 14.5 Å². The van der Waals surface area contributed by atoms with Crippen LogP contribution in [0.3, 0.4) is 0 Å². The second-order valence-corrected chi connectivity index (χ2v) is 5.85. The molecular formula is C19H17F2N3O2. The van der Waals surface area contributed by atoms with E-state index < -0.39 is 17.5 Å². The van der Waals surface area contributed by atoms with Crippen molar-refractivity contribution in [3.63, 3.8) is 0 Å². The molecule has 1 N–H and O–H groups in total. The van der Waals surface area contributed by atoms with Crippen LogP contribution in [0.15, 0.2) is 53.6 Å². The zero-order valence-electron chi connectivity index (χ0n) is 13.9. The molecule has 0 bridgehead atoms. The molecule has 0 spiro atoms. The Balaban J connectivity index is 1.62. The van der Waals surface area contributed by atoms with Gasteiger partial charge >= 0.3 is 0 Å². The summed E-state index contributed by atoms with van der Waals surface area (Å²) in [6, 6.07) is 12.4. The molecular weight excluding hydrogens is 340 g/mol. The van der Waals surface area contributed by atoms with E-state index in [1.165, 1.54) is 5.01 Å². The molecule has 0 radical (unpaired) electrons. The molecule has 0 aromatic heterocycles. The van der Waals surface area contributed by atoms with E-state index in [0.717, 1.165) is 23.4 Å². The van der Waals surface area contributed by atoms with Gasteiger partial charge in [0, 0.05) is 25.3 Å². The molecule has 2 amide bonds. The molecule has 0 fully saturated rings. The van der Waals surface area contributed by atoms with E-state index in [-0.39, 0.29) is 24.6 Å². The summed E-state index contributed by atoms with van der Waals surface area (Å²) < 4.78 is 26.4. The summed E-state index contributed by atoms with van der Waals surface area (Å²) in [7, 11) is 0. The number of rotatable bonds is 5. The molecule has 0 saturated heterocycles. The first kappa shape index (κ1) is 17.7. The SMILES string of the molecule is O=C(CCN1N=C(c2ccccc2)CCC1=O)Nc1ccc(F)cc1F. The third-order valence-corrected chi connectivity index (χ3v) is 3.97. The lowest BCUT2D eigenvalue weighted by atomic mass is 10.0. The highest BCUT2D eigenvalue weighted by Crippen LogP contribution is 2.17. The molecule has 0 saturated carbocycles. The van der Waals surface area contributed by atoms with Gasteiger partial charge in [-0.15, -0.1) is 0 Å². The fourth-order valence-electron chi connectivity index (χ4n) is 2.62. The van der Waals surface area contributed by atoms with Crippen LogP contribution in [0.2, 0.25) is 0 Å². The standard InChI is InChI=1S/C19H17F2N3O2/c20-14-6-7-17(15(21)12-14)22-18(25)10-11-24-19(26)9-8-16(23-24)13-4-2-1-3-5-13/h1-7,12H,8-11H2,(H,22,25). The largest absolute Gasteiger partial charge is 0.324 e. The monoisotopic (exact) mass is 357 g/mol. The predicted octanol–water partition coefficient (Wildman–Crippen LogP) is 3.32. The Kier molecular flexibility index (Phi) is 5.36. The summed E-state index contributed by atoms with van der Waals surface area (Å²) in [4.78, 5) is 24.0. The predicted molar refractivity (Wildman–Crippen MR) is 93.5 cm³/mol. The minimum Gasteiger partial charge on any atom is -0.324 e. The first-order valence-corrected chi connectivity index (χ1v) is 8.21. The van der Waals surface area contributed by atoms with Gasteiger partial charge in [0.05, 0.1) is 17.9 Å². The molecule has 0 aliphatic carbocycles. The van der Waals surface area contributed by atoms with Crippen molar-refractivity contribution in [2.24, 2.45) is 5.10 Å². The third kappa shape index (κ3) is 4.30. The Morgan fingerprint density at radius 2 is 1.88 bits per heavy atom. The van der Waals surface area contributed by atoms with Gasteiger partial charge in [-0.05, 0) is 17.7 Å². The van der Waals surface area contributed by atoms with Crippen molar-refractivity contribution in [1.82, 2.24) is 5.01 Å².